The Morgan fingerprint density at radius 3 is 2.11 bits per heavy atom. The molecular weight excluding hydrogens is 374 g/mol. The Labute approximate surface area is 168 Å². The van der Waals surface area contributed by atoms with Crippen molar-refractivity contribution in [2.45, 2.75) is 4.90 Å². The Morgan fingerprint density at radius 1 is 0.821 bits per heavy atom. The van der Waals surface area contributed by atoms with Crippen LogP contribution in [0.5, 0.6) is 23.0 Å². The van der Waals surface area contributed by atoms with Gasteiger partial charge in [0.2, 0.25) is 5.91 Å². The number of para-hydroxylation sites is 2. The zero-order valence-electron chi connectivity index (χ0n) is 15.7. The number of benzene rings is 3. The Morgan fingerprint density at radius 2 is 1.46 bits per heavy atom. The molecule has 5 nitrogen and oxygen atoms in total. The lowest BCUT2D eigenvalue weighted by Crippen LogP contribution is -2.13. The molecule has 0 saturated carbocycles. The van der Waals surface area contributed by atoms with Gasteiger partial charge in [-0.3, -0.25) is 4.79 Å². The average molecular weight is 395 g/mol. The first-order valence-corrected chi connectivity index (χ1v) is 9.64. The van der Waals surface area contributed by atoms with Crippen molar-refractivity contribution in [3.63, 3.8) is 0 Å². The Balaban J connectivity index is 1.52. The second-order valence-electron chi connectivity index (χ2n) is 5.79. The van der Waals surface area contributed by atoms with Crippen LogP contribution in [0.25, 0.3) is 0 Å². The number of rotatable bonds is 8. The average Bonchev–Trinajstić information content (AvgIpc) is 2.74. The number of anilines is 1. The fraction of sp³-hybridized carbons (Fsp3) is 0.136. The number of nitrogens with one attached hydrogen (secondary N) is 1. The molecule has 0 saturated heterocycles. The summed E-state index contributed by atoms with van der Waals surface area (Å²) in [5.74, 6) is 3.01. The molecule has 0 unspecified atom stereocenters. The number of hydrogen-bond acceptors (Lipinski definition) is 5. The van der Waals surface area contributed by atoms with Crippen LogP contribution in [0, 0.1) is 0 Å². The number of carbonyl (C=O) groups is 1. The summed E-state index contributed by atoms with van der Waals surface area (Å²) in [6, 6.07) is 22.3. The molecule has 0 aliphatic carbocycles. The predicted octanol–water partition coefficient (Wildman–Crippen LogP) is 5.23. The van der Waals surface area contributed by atoms with Crippen molar-refractivity contribution in [1.82, 2.24) is 0 Å². The molecule has 1 N–H and O–H groups in total. The third-order valence-electron chi connectivity index (χ3n) is 3.86. The van der Waals surface area contributed by atoms with Crippen LogP contribution in [0.1, 0.15) is 0 Å². The van der Waals surface area contributed by atoms with Gasteiger partial charge in [0.05, 0.1) is 20.0 Å². The molecule has 3 aromatic carbocycles. The molecule has 0 atom stereocenters. The molecule has 0 bridgehead atoms. The SMILES string of the molecule is COc1ccc(SCC(=O)Nc2ccc(Oc3ccccc3OC)cc2)cc1. The van der Waals surface area contributed by atoms with Gasteiger partial charge in [-0.1, -0.05) is 12.1 Å². The predicted molar refractivity (Wildman–Crippen MR) is 112 cm³/mol. The second kappa shape index (κ2) is 9.71. The van der Waals surface area contributed by atoms with E-state index in [1.165, 1.54) is 11.8 Å². The van der Waals surface area contributed by atoms with E-state index in [0.717, 1.165) is 10.6 Å². The topological polar surface area (TPSA) is 56.8 Å². The molecular formula is C22H21NO4S. The maximum absolute atomic E-state index is 12.2. The van der Waals surface area contributed by atoms with Gasteiger partial charge in [0.25, 0.3) is 0 Å². The van der Waals surface area contributed by atoms with Crippen molar-refractivity contribution < 1.29 is 19.0 Å². The number of carbonyl (C=O) groups excluding carboxylic acids is 1. The van der Waals surface area contributed by atoms with E-state index < -0.39 is 0 Å². The lowest BCUT2D eigenvalue weighted by Gasteiger charge is -2.11. The Kier molecular flexibility index (Phi) is 6.81. The summed E-state index contributed by atoms with van der Waals surface area (Å²) < 4.78 is 16.2. The van der Waals surface area contributed by atoms with Gasteiger partial charge in [0.1, 0.15) is 11.5 Å². The quantitative estimate of drug-likeness (QED) is 0.530. The first-order chi connectivity index (χ1) is 13.7. The number of hydrogen-bond donors (Lipinski definition) is 1. The standard InChI is InChI=1S/C22H21NO4S/c1-25-17-11-13-19(14-12-17)28-15-22(24)23-16-7-9-18(10-8-16)27-21-6-4-3-5-20(21)26-2/h3-14H,15H2,1-2H3,(H,23,24). The van der Waals surface area contributed by atoms with Crippen molar-refractivity contribution >= 4 is 23.4 Å². The third kappa shape index (κ3) is 5.44. The van der Waals surface area contributed by atoms with Gasteiger partial charge in [-0.15, -0.1) is 11.8 Å². The molecule has 0 aliphatic rings. The maximum Gasteiger partial charge on any atom is 0.234 e. The van der Waals surface area contributed by atoms with Crippen molar-refractivity contribution in [1.29, 1.82) is 0 Å². The summed E-state index contributed by atoms with van der Waals surface area (Å²) in [4.78, 5) is 13.2. The van der Waals surface area contributed by atoms with Gasteiger partial charge >= 0.3 is 0 Å². The lowest BCUT2D eigenvalue weighted by molar-refractivity contribution is -0.113. The Bertz CT molecular complexity index is 911. The van der Waals surface area contributed by atoms with Gasteiger partial charge in [0, 0.05) is 10.6 Å². The molecule has 1 amide bonds. The second-order valence-corrected chi connectivity index (χ2v) is 6.84. The van der Waals surface area contributed by atoms with E-state index in [9.17, 15) is 4.79 Å². The van der Waals surface area contributed by atoms with E-state index in [1.807, 2.05) is 48.5 Å². The smallest absolute Gasteiger partial charge is 0.234 e. The van der Waals surface area contributed by atoms with Crippen molar-refractivity contribution in [3.8, 4) is 23.0 Å². The number of methoxy groups -OCH3 is 2. The van der Waals surface area contributed by atoms with Crippen LogP contribution in [0.2, 0.25) is 0 Å². The molecule has 3 rings (SSSR count). The van der Waals surface area contributed by atoms with E-state index in [2.05, 4.69) is 5.32 Å². The molecule has 0 aliphatic heterocycles. The summed E-state index contributed by atoms with van der Waals surface area (Å²) in [6.07, 6.45) is 0. The summed E-state index contributed by atoms with van der Waals surface area (Å²) >= 11 is 1.47. The van der Waals surface area contributed by atoms with E-state index in [1.54, 1.807) is 38.5 Å². The third-order valence-corrected chi connectivity index (χ3v) is 4.88. The van der Waals surface area contributed by atoms with E-state index in [0.29, 0.717) is 28.7 Å². The van der Waals surface area contributed by atoms with Crippen LogP contribution >= 0.6 is 11.8 Å². The number of thioether (sulfide) groups is 1. The number of amides is 1. The maximum atomic E-state index is 12.2. The minimum atomic E-state index is -0.0702. The summed E-state index contributed by atoms with van der Waals surface area (Å²) in [6.45, 7) is 0. The molecule has 144 valence electrons. The van der Waals surface area contributed by atoms with Gasteiger partial charge in [-0.05, 0) is 60.7 Å². The summed E-state index contributed by atoms with van der Waals surface area (Å²) in [5, 5.41) is 2.88. The van der Waals surface area contributed by atoms with Crippen LogP contribution in [-0.4, -0.2) is 25.9 Å². The van der Waals surface area contributed by atoms with E-state index in [-0.39, 0.29) is 5.91 Å². The first-order valence-electron chi connectivity index (χ1n) is 8.65. The molecule has 6 heteroatoms. The zero-order valence-corrected chi connectivity index (χ0v) is 16.5. The fourth-order valence-corrected chi connectivity index (χ4v) is 3.15. The van der Waals surface area contributed by atoms with Crippen molar-refractivity contribution in [3.05, 3.63) is 72.8 Å². The first kappa shape index (κ1) is 19.6. The van der Waals surface area contributed by atoms with Gasteiger partial charge in [0.15, 0.2) is 11.5 Å². The van der Waals surface area contributed by atoms with Crippen LogP contribution < -0.4 is 19.5 Å². The largest absolute Gasteiger partial charge is 0.497 e. The zero-order chi connectivity index (χ0) is 19.8. The van der Waals surface area contributed by atoms with E-state index in [4.69, 9.17) is 14.2 Å². The van der Waals surface area contributed by atoms with Crippen LogP contribution in [0.15, 0.2) is 77.7 Å². The van der Waals surface area contributed by atoms with Crippen LogP contribution in [-0.2, 0) is 4.79 Å². The highest BCUT2D eigenvalue weighted by Gasteiger charge is 2.07. The molecule has 0 aromatic heterocycles. The monoisotopic (exact) mass is 395 g/mol. The van der Waals surface area contributed by atoms with Crippen LogP contribution in [0.3, 0.4) is 0 Å². The molecule has 3 aromatic rings. The number of ether oxygens (including phenoxy) is 3. The minimum absolute atomic E-state index is 0.0702. The summed E-state index contributed by atoms with van der Waals surface area (Å²) in [5.41, 5.74) is 0.715. The molecule has 0 spiro atoms. The van der Waals surface area contributed by atoms with Gasteiger partial charge < -0.3 is 19.5 Å². The highest BCUT2D eigenvalue weighted by Crippen LogP contribution is 2.31. The molecule has 0 heterocycles. The summed E-state index contributed by atoms with van der Waals surface area (Å²) in [7, 11) is 3.23. The fourth-order valence-electron chi connectivity index (χ4n) is 2.45. The van der Waals surface area contributed by atoms with Gasteiger partial charge in [-0.2, -0.15) is 0 Å². The highest BCUT2D eigenvalue weighted by molar-refractivity contribution is 8.00. The normalized spacial score (nSPS) is 10.2. The van der Waals surface area contributed by atoms with Crippen molar-refractivity contribution in [2.75, 3.05) is 25.3 Å². The van der Waals surface area contributed by atoms with E-state index >= 15 is 0 Å². The van der Waals surface area contributed by atoms with Gasteiger partial charge in [-0.25, -0.2) is 0 Å². The lowest BCUT2D eigenvalue weighted by atomic mass is 10.3. The molecule has 0 radical (unpaired) electrons. The van der Waals surface area contributed by atoms with Crippen LogP contribution in [0.4, 0.5) is 5.69 Å². The highest BCUT2D eigenvalue weighted by atomic mass is 32.2. The van der Waals surface area contributed by atoms with Crippen molar-refractivity contribution in [2.24, 2.45) is 0 Å². The Hall–Kier alpha value is -3.12. The molecule has 0 fully saturated rings. The minimum Gasteiger partial charge on any atom is -0.497 e. The molecule has 28 heavy (non-hydrogen) atoms.